The van der Waals surface area contributed by atoms with Crippen LogP contribution < -0.4 is 0 Å². The standard InChI is InChI=1S/C53H102O6/c1-6-8-9-10-11-12-13-14-15-16-17-24-30-35-40-45-53(56)59-50(47-58-52(55)44-39-34-29-25-20-21-26-31-36-41-48(3)4)46-57-51(54)43-38-33-28-23-19-18-22-27-32-37-42-49(5)7-2/h48-50H,6-47H2,1-5H3/t49?,50-/m1/s1. The van der Waals surface area contributed by atoms with Gasteiger partial charge in [-0.05, 0) is 31.1 Å². The second-order valence-electron chi connectivity index (χ2n) is 18.9. The molecule has 0 heterocycles. The fourth-order valence-electron chi connectivity index (χ4n) is 7.96. The smallest absolute Gasteiger partial charge is 0.306 e. The Morgan fingerprint density at radius 2 is 0.644 bits per heavy atom. The molecular formula is C53H102O6. The maximum atomic E-state index is 12.8. The van der Waals surface area contributed by atoms with Gasteiger partial charge in [-0.2, -0.15) is 0 Å². The fraction of sp³-hybridized carbons (Fsp3) is 0.943. The Balaban J connectivity index is 4.32. The summed E-state index contributed by atoms with van der Waals surface area (Å²) in [4.78, 5) is 38.0. The van der Waals surface area contributed by atoms with Crippen LogP contribution in [0.25, 0.3) is 0 Å². The molecule has 1 unspecified atom stereocenters. The molecule has 0 aromatic heterocycles. The third kappa shape index (κ3) is 45.8. The number of carbonyl (C=O) groups is 3. The summed E-state index contributed by atoms with van der Waals surface area (Å²) < 4.78 is 16.8. The minimum absolute atomic E-state index is 0.0640. The van der Waals surface area contributed by atoms with E-state index in [1.165, 1.54) is 180 Å². The largest absolute Gasteiger partial charge is 0.462 e. The summed E-state index contributed by atoms with van der Waals surface area (Å²) in [6.07, 6.45) is 46.5. The first-order valence-corrected chi connectivity index (χ1v) is 26.3. The quantitative estimate of drug-likeness (QED) is 0.0345. The number of hydrogen-bond acceptors (Lipinski definition) is 6. The molecule has 2 atom stereocenters. The summed E-state index contributed by atoms with van der Waals surface area (Å²) in [6.45, 7) is 11.4. The molecule has 0 N–H and O–H groups in total. The molecule has 0 amide bonds. The molecule has 0 saturated heterocycles. The van der Waals surface area contributed by atoms with E-state index in [1.807, 2.05) is 0 Å². The molecule has 0 aliphatic rings. The normalized spacial score (nSPS) is 12.5. The lowest BCUT2D eigenvalue weighted by molar-refractivity contribution is -0.167. The highest BCUT2D eigenvalue weighted by Crippen LogP contribution is 2.18. The summed E-state index contributed by atoms with van der Waals surface area (Å²) >= 11 is 0. The molecule has 0 rings (SSSR count). The van der Waals surface area contributed by atoms with E-state index in [2.05, 4.69) is 34.6 Å². The van der Waals surface area contributed by atoms with Crippen LogP contribution in [-0.4, -0.2) is 37.2 Å². The lowest BCUT2D eigenvalue weighted by Crippen LogP contribution is -2.30. The molecule has 6 heteroatoms. The highest BCUT2D eigenvalue weighted by molar-refractivity contribution is 5.71. The van der Waals surface area contributed by atoms with E-state index in [4.69, 9.17) is 14.2 Å². The van der Waals surface area contributed by atoms with E-state index >= 15 is 0 Å². The van der Waals surface area contributed by atoms with E-state index in [1.54, 1.807) is 0 Å². The summed E-state index contributed by atoms with van der Waals surface area (Å²) in [5.41, 5.74) is 0. The zero-order valence-corrected chi connectivity index (χ0v) is 40.4. The van der Waals surface area contributed by atoms with Crippen molar-refractivity contribution >= 4 is 17.9 Å². The van der Waals surface area contributed by atoms with Crippen molar-refractivity contribution in [1.82, 2.24) is 0 Å². The predicted octanol–water partition coefficient (Wildman–Crippen LogP) is 16.9. The van der Waals surface area contributed by atoms with Crippen molar-refractivity contribution in [3.63, 3.8) is 0 Å². The van der Waals surface area contributed by atoms with E-state index < -0.39 is 6.10 Å². The van der Waals surface area contributed by atoms with Crippen molar-refractivity contribution in [2.24, 2.45) is 11.8 Å². The van der Waals surface area contributed by atoms with Crippen LogP contribution in [-0.2, 0) is 28.6 Å². The number of rotatable bonds is 47. The Hall–Kier alpha value is -1.59. The van der Waals surface area contributed by atoms with Crippen molar-refractivity contribution in [1.29, 1.82) is 0 Å². The van der Waals surface area contributed by atoms with Gasteiger partial charge in [-0.15, -0.1) is 0 Å². The first-order valence-electron chi connectivity index (χ1n) is 26.3. The van der Waals surface area contributed by atoms with Gasteiger partial charge < -0.3 is 14.2 Å². The molecule has 6 nitrogen and oxygen atoms in total. The fourth-order valence-corrected chi connectivity index (χ4v) is 7.96. The number of esters is 3. The van der Waals surface area contributed by atoms with E-state index in [9.17, 15) is 14.4 Å². The summed E-state index contributed by atoms with van der Waals surface area (Å²) in [5.74, 6) is 0.830. The Bertz CT molecular complexity index is 902. The van der Waals surface area contributed by atoms with E-state index in [0.717, 1.165) is 69.6 Å². The van der Waals surface area contributed by atoms with Gasteiger partial charge in [-0.3, -0.25) is 14.4 Å². The average molecular weight is 835 g/mol. The Kier molecular flexibility index (Phi) is 44.7. The molecule has 0 aromatic carbocycles. The monoisotopic (exact) mass is 835 g/mol. The predicted molar refractivity (Wildman–Crippen MR) is 252 cm³/mol. The topological polar surface area (TPSA) is 78.9 Å². The summed E-state index contributed by atoms with van der Waals surface area (Å²) in [5, 5.41) is 0. The molecule has 0 aliphatic carbocycles. The molecule has 0 aromatic rings. The van der Waals surface area contributed by atoms with Crippen LogP contribution in [0.4, 0.5) is 0 Å². The minimum Gasteiger partial charge on any atom is -0.462 e. The van der Waals surface area contributed by atoms with E-state index in [0.29, 0.717) is 19.3 Å². The van der Waals surface area contributed by atoms with Gasteiger partial charge in [-0.1, -0.05) is 253 Å². The summed E-state index contributed by atoms with van der Waals surface area (Å²) in [6, 6.07) is 0. The molecule has 0 spiro atoms. The molecule has 0 bridgehead atoms. The highest BCUT2D eigenvalue weighted by Gasteiger charge is 2.19. The molecule has 0 fully saturated rings. The number of unbranched alkanes of at least 4 members (excludes halogenated alkanes) is 31. The third-order valence-electron chi connectivity index (χ3n) is 12.3. The molecule has 350 valence electrons. The molecule has 0 aliphatic heterocycles. The van der Waals surface area contributed by atoms with Gasteiger partial charge in [0.25, 0.3) is 0 Å². The Morgan fingerprint density at radius 1 is 0.356 bits per heavy atom. The lowest BCUT2D eigenvalue weighted by atomic mass is 9.99. The van der Waals surface area contributed by atoms with Crippen molar-refractivity contribution in [2.45, 2.75) is 298 Å². The van der Waals surface area contributed by atoms with Gasteiger partial charge >= 0.3 is 17.9 Å². The van der Waals surface area contributed by atoms with Crippen LogP contribution in [0.15, 0.2) is 0 Å². The van der Waals surface area contributed by atoms with Gasteiger partial charge in [0.1, 0.15) is 13.2 Å². The first-order chi connectivity index (χ1) is 28.8. The third-order valence-corrected chi connectivity index (χ3v) is 12.3. The maximum Gasteiger partial charge on any atom is 0.306 e. The van der Waals surface area contributed by atoms with Crippen molar-refractivity contribution < 1.29 is 28.6 Å². The SMILES string of the molecule is CCCCCCCCCCCCCCCCCC(=O)O[C@H](COC(=O)CCCCCCCCCCCCC(C)CC)COC(=O)CCCCCCCCCCCC(C)C. The Labute approximate surface area is 368 Å². The zero-order chi connectivity index (χ0) is 43.3. The van der Waals surface area contributed by atoms with Crippen molar-refractivity contribution in [3.05, 3.63) is 0 Å². The van der Waals surface area contributed by atoms with Crippen molar-refractivity contribution in [2.75, 3.05) is 13.2 Å². The van der Waals surface area contributed by atoms with Gasteiger partial charge in [0, 0.05) is 19.3 Å². The van der Waals surface area contributed by atoms with Crippen LogP contribution in [0.2, 0.25) is 0 Å². The van der Waals surface area contributed by atoms with Gasteiger partial charge in [0.05, 0.1) is 0 Å². The summed E-state index contributed by atoms with van der Waals surface area (Å²) in [7, 11) is 0. The molecule has 59 heavy (non-hydrogen) atoms. The second kappa shape index (κ2) is 45.9. The van der Waals surface area contributed by atoms with E-state index in [-0.39, 0.29) is 31.1 Å². The number of ether oxygens (including phenoxy) is 3. The highest BCUT2D eigenvalue weighted by atomic mass is 16.6. The van der Waals surface area contributed by atoms with Gasteiger partial charge in [0.2, 0.25) is 0 Å². The minimum atomic E-state index is -0.762. The second-order valence-corrected chi connectivity index (χ2v) is 18.9. The van der Waals surface area contributed by atoms with Crippen LogP contribution in [0.5, 0.6) is 0 Å². The number of carbonyl (C=O) groups excluding carboxylic acids is 3. The maximum absolute atomic E-state index is 12.8. The van der Waals surface area contributed by atoms with Crippen molar-refractivity contribution in [3.8, 4) is 0 Å². The average Bonchev–Trinajstić information content (AvgIpc) is 3.22. The van der Waals surface area contributed by atoms with Gasteiger partial charge in [-0.25, -0.2) is 0 Å². The van der Waals surface area contributed by atoms with Crippen LogP contribution in [0, 0.1) is 11.8 Å². The Morgan fingerprint density at radius 3 is 0.966 bits per heavy atom. The van der Waals surface area contributed by atoms with Crippen LogP contribution in [0.3, 0.4) is 0 Å². The lowest BCUT2D eigenvalue weighted by Gasteiger charge is -2.18. The number of hydrogen-bond donors (Lipinski definition) is 0. The van der Waals surface area contributed by atoms with Crippen LogP contribution in [0.1, 0.15) is 291 Å². The van der Waals surface area contributed by atoms with Gasteiger partial charge in [0.15, 0.2) is 6.10 Å². The first kappa shape index (κ1) is 57.4. The molecule has 0 radical (unpaired) electrons. The molecular weight excluding hydrogens is 733 g/mol. The van der Waals surface area contributed by atoms with Crippen LogP contribution >= 0.6 is 0 Å². The zero-order valence-electron chi connectivity index (χ0n) is 40.4. The molecule has 0 saturated carbocycles.